The monoisotopic (exact) mass is 336 g/mol. The van der Waals surface area contributed by atoms with Gasteiger partial charge in [-0.2, -0.15) is 0 Å². The summed E-state index contributed by atoms with van der Waals surface area (Å²) in [5, 5.41) is 0.544. The SMILES string of the molecule is Cc1ccc(-n2c(N)nc3cc(Cl)cnc32)cc1Br. The van der Waals surface area contributed by atoms with Crippen LogP contribution in [0.3, 0.4) is 0 Å². The van der Waals surface area contributed by atoms with Gasteiger partial charge in [-0.05, 0) is 30.7 Å². The number of benzene rings is 1. The quantitative estimate of drug-likeness (QED) is 0.736. The van der Waals surface area contributed by atoms with Crippen molar-refractivity contribution in [2.24, 2.45) is 0 Å². The number of hydrogen-bond donors (Lipinski definition) is 1. The van der Waals surface area contributed by atoms with Gasteiger partial charge in [0.2, 0.25) is 5.95 Å². The van der Waals surface area contributed by atoms with Crippen molar-refractivity contribution in [2.45, 2.75) is 6.92 Å². The van der Waals surface area contributed by atoms with Crippen molar-refractivity contribution in [1.29, 1.82) is 0 Å². The van der Waals surface area contributed by atoms with E-state index in [0.717, 1.165) is 15.7 Å². The van der Waals surface area contributed by atoms with E-state index in [1.807, 2.05) is 25.1 Å². The molecular weight excluding hydrogens is 328 g/mol. The molecule has 0 aliphatic rings. The largest absolute Gasteiger partial charge is 0.369 e. The van der Waals surface area contributed by atoms with Crippen molar-refractivity contribution >= 4 is 44.6 Å². The van der Waals surface area contributed by atoms with Gasteiger partial charge in [-0.1, -0.05) is 33.6 Å². The Morgan fingerprint density at radius 2 is 2.11 bits per heavy atom. The smallest absolute Gasteiger partial charge is 0.207 e. The number of pyridine rings is 1. The summed E-state index contributed by atoms with van der Waals surface area (Å²) >= 11 is 9.43. The number of hydrogen-bond acceptors (Lipinski definition) is 3. The number of nitrogens with zero attached hydrogens (tertiary/aromatic N) is 3. The Morgan fingerprint density at radius 1 is 1.32 bits per heavy atom. The molecule has 1 aromatic carbocycles. The van der Waals surface area contributed by atoms with Crippen LogP contribution in [0.15, 0.2) is 34.9 Å². The van der Waals surface area contributed by atoms with E-state index in [1.54, 1.807) is 16.8 Å². The molecule has 19 heavy (non-hydrogen) atoms. The number of anilines is 1. The van der Waals surface area contributed by atoms with Crippen LogP contribution >= 0.6 is 27.5 Å². The molecule has 0 saturated heterocycles. The van der Waals surface area contributed by atoms with Gasteiger partial charge in [0.05, 0.1) is 10.7 Å². The lowest BCUT2D eigenvalue weighted by atomic mass is 10.2. The van der Waals surface area contributed by atoms with Gasteiger partial charge in [0, 0.05) is 10.7 Å². The average molecular weight is 338 g/mol. The Kier molecular flexibility index (Phi) is 2.95. The van der Waals surface area contributed by atoms with Gasteiger partial charge in [-0.25, -0.2) is 9.97 Å². The molecule has 3 aromatic rings. The lowest BCUT2D eigenvalue weighted by Crippen LogP contribution is -2.01. The summed E-state index contributed by atoms with van der Waals surface area (Å²) in [6, 6.07) is 7.73. The zero-order valence-corrected chi connectivity index (χ0v) is 12.4. The zero-order chi connectivity index (χ0) is 13.6. The molecule has 0 atom stereocenters. The number of aromatic nitrogens is 3. The number of imidazole rings is 1. The highest BCUT2D eigenvalue weighted by Crippen LogP contribution is 2.26. The Hall–Kier alpha value is -1.59. The van der Waals surface area contributed by atoms with Gasteiger partial charge in [0.15, 0.2) is 5.65 Å². The predicted molar refractivity (Wildman–Crippen MR) is 80.7 cm³/mol. The summed E-state index contributed by atoms with van der Waals surface area (Å²) < 4.78 is 2.82. The first-order valence-electron chi connectivity index (χ1n) is 5.62. The molecule has 0 fully saturated rings. The van der Waals surface area contributed by atoms with Crippen molar-refractivity contribution in [2.75, 3.05) is 5.73 Å². The predicted octanol–water partition coefficient (Wildman–Crippen LogP) is 3.73. The van der Waals surface area contributed by atoms with E-state index < -0.39 is 0 Å². The third kappa shape index (κ3) is 2.09. The summed E-state index contributed by atoms with van der Waals surface area (Å²) in [4.78, 5) is 8.58. The van der Waals surface area contributed by atoms with Crippen LogP contribution in [0.2, 0.25) is 5.02 Å². The van der Waals surface area contributed by atoms with Gasteiger partial charge < -0.3 is 5.73 Å². The molecule has 2 heterocycles. The van der Waals surface area contributed by atoms with Gasteiger partial charge in [-0.3, -0.25) is 4.57 Å². The third-order valence-electron chi connectivity index (χ3n) is 2.90. The second kappa shape index (κ2) is 4.51. The molecule has 0 radical (unpaired) electrons. The fourth-order valence-corrected chi connectivity index (χ4v) is 2.45. The van der Waals surface area contributed by atoms with Crippen molar-refractivity contribution in [3.63, 3.8) is 0 Å². The normalized spacial score (nSPS) is 11.1. The van der Waals surface area contributed by atoms with E-state index in [0.29, 0.717) is 22.1 Å². The lowest BCUT2D eigenvalue weighted by molar-refractivity contribution is 1.08. The highest BCUT2D eigenvalue weighted by atomic mass is 79.9. The maximum absolute atomic E-state index is 5.98. The summed E-state index contributed by atoms with van der Waals surface area (Å²) in [6.07, 6.45) is 1.59. The molecule has 0 amide bonds. The van der Waals surface area contributed by atoms with Crippen molar-refractivity contribution in [1.82, 2.24) is 14.5 Å². The summed E-state index contributed by atoms with van der Waals surface area (Å²) in [6.45, 7) is 2.03. The van der Waals surface area contributed by atoms with Crippen LogP contribution in [-0.2, 0) is 0 Å². The van der Waals surface area contributed by atoms with Crippen LogP contribution in [0.25, 0.3) is 16.9 Å². The molecule has 0 aliphatic heterocycles. The number of fused-ring (bicyclic) bond motifs is 1. The molecule has 4 nitrogen and oxygen atoms in total. The Bertz CT molecular complexity index is 782. The highest BCUT2D eigenvalue weighted by molar-refractivity contribution is 9.10. The number of halogens is 2. The van der Waals surface area contributed by atoms with E-state index in [1.165, 1.54) is 0 Å². The summed E-state index contributed by atoms with van der Waals surface area (Å²) in [7, 11) is 0. The van der Waals surface area contributed by atoms with Crippen LogP contribution in [0.5, 0.6) is 0 Å². The Balaban J connectivity index is 2.29. The van der Waals surface area contributed by atoms with Gasteiger partial charge >= 0.3 is 0 Å². The summed E-state index contributed by atoms with van der Waals surface area (Å²) in [5.74, 6) is 0.389. The summed E-state index contributed by atoms with van der Waals surface area (Å²) in [5.41, 5.74) is 9.42. The van der Waals surface area contributed by atoms with Crippen LogP contribution in [0, 0.1) is 6.92 Å². The number of aryl methyl sites for hydroxylation is 1. The number of nitrogens with two attached hydrogens (primary N) is 1. The molecule has 0 saturated carbocycles. The first-order valence-corrected chi connectivity index (χ1v) is 6.79. The molecule has 3 rings (SSSR count). The molecule has 0 aliphatic carbocycles. The van der Waals surface area contributed by atoms with Gasteiger partial charge in [0.1, 0.15) is 5.52 Å². The van der Waals surface area contributed by atoms with E-state index in [-0.39, 0.29) is 0 Å². The van der Waals surface area contributed by atoms with E-state index >= 15 is 0 Å². The van der Waals surface area contributed by atoms with Crippen molar-refractivity contribution < 1.29 is 0 Å². The minimum absolute atomic E-state index is 0.389. The van der Waals surface area contributed by atoms with Crippen LogP contribution in [0.4, 0.5) is 5.95 Å². The van der Waals surface area contributed by atoms with E-state index in [2.05, 4.69) is 25.9 Å². The molecule has 0 unspecified atom stereocenters. The third-order valence-corrected chi connectivity index (χ3v) is 3.96. The molecular formula is C13H10BrClN4. The maximum atomic E-state index is 5.98. The fraction of sp³-hybridized carbons (Fsp3) is 0.0769. The van der Waals surface area contributed by atoms with Crippen molar-refractivity contribution in [3.05, 3.63) is 45.5 Å². The standard InChI is InChI=1S/C13H10BrClN4/c1-7-2-3-9(5-10(7)14)19-12-11(18-13(19)16)4-8(15)6-17-12/h2-6H,1H3,(H2,16,18). The van der Waals surface area contributed by atoms with Crippen LogP contribution in [-0.4, -0.2) is 14.5 Å². The Labute approximate surface area is 123 Å². The van der Waals surface area contributed by atoms with E-state index in [9.17, 15) is 0 Å². The molecule has 0 bridgehead atoms. The lowest BCUT2D eigenvalue weighted by Gasteiger charge is -2.07. The second-order valence-corrected chi connectivity index (χ2v) is 5.53. The molecule has 6 heteroatoms. The first kappa shape index (κ1) is 12.4. The molecule has 2 N–H and O–H groups in total. The van der Waals surface area contributed by atoms with Crippen LogP contribution in [0.1, 0.15) is 5.56 Å². The molecule has 2 aromatic heterocycles. The average Bonchev–Trinajstić information content (AvgIpc) is 2.68. The van der Waals surface area contributed by atoms with Crippen LogP contribution < -0.4 is 5.73 Å². The minimum atomic E-state index is 0.389. The first-order chi connectivity index (χ1) is 9.06. The van der Waals surface area contributed by atoms with Gasteiger partial charge in [-0.15, -0.1) is 0 Å². The van der Waals surface area contributed by atoms with Crippen molar-refractivity contribution in [3.8, 4) is 5.69 Å². The Morgan fingerprint density at radius 3 is 2.84 bits per heavy atom. The fourth-order valence-electron chi connectivity index (χ4n) is 1.93. The molecule has 0 spiro atoms. The highest BCUT2D eigenvalue weighted by Gasteiger charge is 2.12. The number of nitrogen functional groups attached to an aromatic ring is 1. The topological polar surface area (TPSA) is 56.7 Å². The zero-order valence-electron chi connectivity index (χ0n) is 10.1. The second-order valence-electron chi connectivity index (χ2n) is 4.24. The maximum Gasteiger partial charge on any atom is 0.207 e. The van der Waals surface area contributed by atoms with Gasteiger partial charge in [0.25, 0.3) is 0 Å². The molecule has 96 valence electrons. The number of rotatable bonds is 1. The van der Waals surface area contributed by atoms with E-state index in [4.69, 9.17) is 17.3 Å². The minimum Gasteiger partial charge on any atom is -0.369 e.